The molecule has 2 heterocycles. The van der Waals surface area contributed by atoms with Gasteiger partial charge in [0.1, 0.15) is 6.26 Å². The quantitative estimate of drug-likeness (QED) is 0.737. The summed E-state index contributed by atoms with van der Waals surface area (Å²) in [5.74, 6) is -0.115. The Balaban J connectivity index is 1.75. The van der Waals surface area contributed by atoms with Gasteiger partial charge in [-0.1, -0.05) is 0 Å². The van der Waals surface area contributed by atoms with Crippen LogP contribution in [0.25, 0.3) is 0 Å². The third kappa shape index (κ3) is 2.81. The normalized spacial score (nSPS) is 21.2. The summed E-state index contributed by atoms with van der Waals surface area (Å²) in [6, 6.07) is 1.84. The van der Waals surface area contributed by atoms with E-state index in [1.165, 1.54) is 12.5 Å². The lowest BCUT2D eigenvalue weighted by atomic mass is 10.2. The first-order valence-corrected chi connectivity index (χ1v) is 4.98. The van der Waals surface area contributed by atoms with Crippen molar-refractivity contribution in [3.63, 3.8) is 0 Å². The Morgan fingerprint density at radius 1 is 1.67 bits per heavy atom. The number of furan rings is 1. The van der Waals surface area contributed by atoms with Gasteiger partial charge in [0.2, 0.25) is 0 Å². The Morgan fingerprint density at radius 2 is 2.60 bits per heavy atom. The van der Waals surface area contributed by atoms with Gasteiger partial charge in [-0.05, 0) is 6.07 Å². The van der Waals surface area contributed by atoms with Crippen molar-refractivity contribution in [2.24, 2.45) is 0 Å². The second-order valence-corrected chi connectivity index (χ2v) is 3.45. The Hall–Kier alpha value is -1.33. The number of nitrogens with one attached hydrogen (secondary N) is 2. The van der Waals surface area contributed by atoms with Crippen LogP contribution in [-0.2, 0) is 4.74 Å². The maximum Gasteiger partial charge on any atom is 0.254 e. The average Bonchev–Trinajstić information content (AvgIpc) is 2.81. The van der Waals surface area contributed by atoms with Gasteiger partial charge in [0.05, 0.1) is 25.0 Å². The zero-order valence-electron chi connectivity index (χ0n) is 8.36. The van der Waals surface area contributed by atoms with E-state index < -0.39 is 0 Å². The number of carbonyl (C=O) groups is 1. The number of hydrogen-bond donors (Lipinski definition) is 2. The van der Waals surface area contributed by atoms with Crippen LogP contribution in [0, 0.1) is 0 Å². The highest BCUT2D eigenvalue weighted by Crippen LogP contribution is 1.99. The predicted molar refractivity (Wildman–Crippen MR) is 53.7 cm³/mol. The van der Waals surface area contributed by atoms with Crippen molar-refractivity contribution < 1.29 is 13.9 Å². The molecule has 1 aliphatic heterocycles. The first kappa shape index (κ1) is 10.2. The summed E-state index contributed by atoms with van der Waals surface area (Å²) in [7, 11) is 0. The molecule has 5 heteroatoms. The van der Waals surface area contributed by atoms with Gasteiger partial charge in [0.25, 0.3) is 5.91 Å². The molecule has 0 saturated carbocycles. The molecule has 15 heavy (non-hydrogen) atoms. The minimum Gasteiger partial charge on any atom is -0.472 e. The van der Waals surface area contributed by atoms with Crippen LogP contribution in [0.4, 0.5) is 0 Å². The van der Waals surface area contributed by atoms with E-state index in [1.54, 1.807) is 6.07 Å². The van der Waals surface area contributed by atoms with Crippen molar-refractivity contribution in [1.82, 2.24) is 10.6 Å². The molecule has 0 bridgehead atoms. The Morgan fingerprint density at radius 3 is 3.27 bits per heavy atom. The summed E-state index contributed by atoms with van der Waals surface area (Å²) in [6.45, 7) is 2.80. The molecule has 0 spiro atoms. The number of amides is 1. The van der Waals surface area contributed by atoms with E-state index in [2.05, 4.69) is 10.6 Å². The molecule has 1 atom stereocenters. The molecule has 0 aromatic carbocycles. The Kier molecular flexibility index (Phi) is 3.37. The molecule has 1 saturated heterocycles. The first-order valence-electron chi connectivity index (χ1n) is 4.98. The van der Waals surface area contributed by atoms with E-state index in [0.717, 1.165) is 13.2 Å². The fraction of sp³-hybridized carbons (Fsp3) is 0.500. The second-order valence-electron chi connectivity index (χ2n) is 3.45. The Bertz CT molecular complexity index is 304. The lowest BCUT2D eigenvalue weighted by molar-refractivity contribution is 0.0734. The first-order chi connectivity index (χ1) is 7.36. The zero-order chi connectivity index (χ0) is 10.5. The van der Waals surface area contributed by atoms with Crippen LogP contribution in [0.1, 0.15) is 10.4 Å². The van der Waals surface area contributed by atoms with Crippen LogP contribution in [0.15, 0.2) is 23.0 Å². The maximum atomic E-state index is 11.5. The number of morpholine rings is 1. The minimum absolute atomic E-state index is 0.115. The summed E-state index contributed by atoms with van der Waals surface area (Å²) >= 11 is 0. The van der Waals surface area contributed by atoms with Gasteiger partial charge >= 0.3 is 0 Å². The topological polar surface area (TPSA) is 63.5 Å². The highest BCUT2D eigenvalue weighted by atomic mass is 16.5. The molecular weight excluding hydrogens is 196 g/mol. The van der Waals surface area contributed by atoms with Crippen molar-refractivity contribution in [2.75, 3.05) is 26.3 Å². The predicted octanol–water partition coefficient (Wildman–Crippen LogP) is -0.00220. The number of ether oxygens (including phenoxy) is 1. The van der Waals surface area contributed by atoms with E-state index in [4.69, 9.17) is 9.15 Å². The van der Waals surface area contributed by atoms with E-state index >= 15 is 0 Å². The summed E-state index contributed by atoms with van der Waals surface area (Å²) in [5.41, 5.74) is 0.548. The van der Waals surface area contributed by atoms with E-state index in [-0.39, 0.29) is 11.9 Å². The molecule has 1 aliphatic rings. The maximum absolute atomic E-state index is 11.5. The third-order valence-electron chi connectivity index (χ3n) is 2.29. The van der Waals surface area contributed by atoms with Gasteiger partial charge < -0.3 is 19.8 Å². The van der Waals surface area contributed by atoms with Crippen LogP contribution in [0.2, 0.25) is 0 Å². The number of hydrogen-bond acceptors (Lipinski definition) is 4. The molecule has 1 fully saturated rings. The Labute approximate surface area is 87.8 Å². The molecule has 1 aromatic heterocycles. The standard InChI is InChI=1S/C10H14N2O3/c13-10(8-1-3-14-6-8)12-5-9-7-15-4-2-11-9/h1,3,6,9,11H,2,4-5,7H2,(H,12,13). The molecule has 82 valence electrons. The van der Waals surface area contributed by atoms with Crippen LogP contribution >= 0.6 is 0 Å². The van der Waals surface area contributed by atoms with Crippen LogP contribution in [-0.4, -0.2) is 38.3 Å². The number of carbonyl (C=O) groups excluding carboxylic acids is 1. The molecule has 0 radical (unpaired) electrons. The summed E-state index contributed by atoms with van der Waals surface area (Å²) in [6.07, 6.45) is 2.91. The van der Waals surface area contributed by atoms with Crippen LogP contribution in [0.3, 0.4) is 0 Å². The molecule has 5 nitrogen and oxygen atoms in total. The summed E-state index contributed by atoms with van der Waals surface area (Å²) < 4.78 is 10.1. The van der Waals surface area contributed by atoms with Gasteiger partial charge in [-0.2, -0.15) is 0 Å². The highest BCUT2D eigenvalue weighted by molar-refractivity contribution is 5.93. The second kappa shape index (κ2) is 4.95. The summed E-state index contributed by atoms with van der Waals surface area (Å²) in [5, 5.41) is 6.07. The monoisotopic (exact) mass is 210 g/mol. The molecule has 2 rings (SSSR count). The lowest BCUT2D eigenvalue weighted by Crippen LogP contribution is -2.48. The van der Waals surface area contributed by atoms with Crippen molar-refractivity contribution in [2.45, 2.75) is 6.04 Å². The molecule has 0 aliphatic carbocycles. The van der Waals surface area contributed by atoms with Gasteiger partial charge in [-0.3, -0.25) is 4.79 Å². The van der Waals surface area contributed by atoms with Gasteiger partial charge in [0.15, 0.2) is 0 Å². The third-order valence-corrected chi connectivity index (χ3v) is 2.29. The highest BCUT2D eigenvalue weighted by Gasteiger charge is 2.14. The fourth-order valence-electron chi connectivity index (χ4n) is 1.46. The van der Waals surface area contributed by atoms with Gasteiger partial charge in [0, 0.05) is 19.1 Å². The van der Waals surface area contributed by atoms with Crippen LogP contribution in [0.5, 0.6) is 0 Å². The molecule has 1 amide bonds. The largest absolute Gasteiger partial charge is 0.472 e. The average molecular weight is 210 g/mol. The SMILES string of the molecule is O=C(NCC1COCCN1)c1ccoc1. The van der Waals surface area contributed by atoms with E-state index in [9.17, 15) is 4.79 Å². The zero-order valence-corrected chi connectivity index (χ0v) is 8.36. The summed E-state index contributed by atoms with van der Waals surface area (Å²) in [4.78, 5) is 11.5. The van der Waals surface area contributed by atoms with Crippen LogP contribution < -0.4 is 10.6 Å². The van der Waals surface area contributed by atoms with E-state index in [1.807, 2.05) is 0 Å². The fourth-order valence-corrected chi connectivity index (χ4v) is 1.46. The van der Waals surface area contributed by atoms with Crippen molar-refractivity contribution >= 4 is 5.91 Å². The van der Waals surface area contributed by atoms with Crippen molar-refractivity contribution in [3.8, 4) is 0 Å². The smallest absolute Gasteiger partial charge is 0.254 e. The molecule has 2 N–H and O–H groups in total. The van der Waals surface area contributed by atoms with Crippen molar-refractivity contribution in [3.05, 3.63) is 24.2 Å². The minimum atomic E-state index is -0.115. The van der Waals surface area contributed by atoms with Gasteiger partial charge in [-0.25, -0.2) is 0 Å². The molecule has 1 aromatic rings. The van der Waals surface area contributed by atoms with Gasteiger partial charge in [-0.15, -0.1) is 0 Å². The van der Waals surface area contributed by atoms with Crippen molar-refractivity contribution in [1.29, 1.82) is 0 Å². The molecule has 1 unspecified atom stereocenters. The van der Waals surface area contributed by atoms with E-state index in [0.29, 0.717) is 18.7 Å². The molecular formula is C10H14N2O3. The number of rotatable bonds is 3. The lowest BCUT2D eigenvalue weighted by Gasteiger charge is -2.23.